The number of hydrogen-bond donors (Lipinski definition) is 1. The molecular formula is C15H15NO3S2. The minimum absolute atomic E-state index is 0.142. The van der Waals surface area contributed by atoms with Crippen LogP contribution in [-0.4, -0.2) is 14.3 Å². The number of sulfonamides is 1. The fourth-order valence-corrected chi connectivity index (χ4v) is 4.42. The van der Waals surface area contributed by atoms with Crippen LogP contribution in [0, 0.1) is 5.92 Å². The zero-order valence-corrected chi connectivity index (χ0v) is 12.9. The highest BCUT2D eigenvalue weighted by Gasteiger charge is 2.38. The second-order valence-electron chi connectivity index (χ2n) is 5.15. The molecule has 1 amide bonds. The van der Waals surface area contributed by atoms with Crippen LogP contribution in [0.2, 0.25) is 0 Å². The monoisotopic (exact) mass is 321 g/mol. The van der Waals surface area contributed by atoms with Crippen molar-refractivity contribution in [3.8, 4) is 0 Å². The third-order valence-corrected chi connectivity index (χ3v) is 5.75. The molecule has 2 aromatic rings. The summed E-state index contributed by atoms with van der Waals surface area (Å²) in [6.45, 7) is 0. The molecule has 0 radical (unpaired) electrons. The standard InChI is InChI=1S/C15H15NO3S2/c17-15(16-21(18,19)13-8-9-20-10-13)14(12-6-7-12)11-4-2-1-3-5-11/h1-5,8-10,12,14H,6-7H2,(H,16,17)/t14-/m1/s1. The number of carbonyl (C=O) groups excluding carboxylic acids is 1. The van der Waals surface area contributed by atoms with Crippen LogP contribution >= 0.6 is 11.3 Å². The van der Waals surface area contributed by atoms with E-state index < -0.39 is 15.9 Å². The van der Waals surface area contributed by atoms with Crippen molar-refractivity contribution in [3.05, 3.63) is 52.7 Å². The highest BCUT2D eigenvalue weighted by Crippen LogP contribution is 2.42. The molecule has 1 aromatic heterocycles. The van der Waals surface area contributed by atoms with Gasteiger partial charge >= 0.3 is 0 Å². The van der Waals surface area contributed by atoms with E-state index in [1.54, 1.807) is 5.38 Å². The van der Waals surface area contributed by atoms with Gasteiger partial charge in [-0.3, -0.25) is 4.79 Å². The Hall–Kier alpha value is -1.66. The summed E-state index contributed by atoms with van der Waals surface area (Å²) in [4.78, 5) is 12.6. The van der Waals surface area contributed by atoms with Gasteiger partial charge in [-0.1, -0.05) is 30.3 Å². The lowest BCUT2D eigenvalue weighted by Crippen LogP contribution is -2.35. The maximum Gasteiger partial charge on any atom is 0.264 e. The number of carbonyl (C=O) groups is 1. The first-order valence-corrected chi connectivity index (χ1v) is 9.14. The van der Waals surface area contributed by atoms with E-state index in [9.17, 15) is 13.2 Å². The molecule has 1 fully saturated rings. The molecule has 6 heteroatoms. The van der Waals surface area contributed by atoms with Crippen molar-refractivity contribution >= 4 is 27.3 Å². The Kier molecular flexibility index (Phi) is 3.82. The van der Waals surface area contributed by atoms with Gasteiger partial charge in [0.05, 0.1) is 10.8 Å². The van der Waals surface area contributed by atoms with Crippen molar-refractivity contribution in [1.29, 1.82) is 0 Å². The first kappa shape index (κ1) is 14.3. The Morgan fingerprint density at radius 1 is 1.19 bits per heavy atom. The number of hydrogen-bond acceptors (Lipinski definition) is 4. The van der Waals surface area contributed by atoms with Crippen LogP contribution in [0.1, 0.15) is 24.3 Å². The van der Waals surface area contributed by atoms with E-state index in [0.717, 1.165) is 18.4 Å². The lowest BCUT2D eigenvalue weighted by Gasteiger charge is -2.16. The normalized spacial score (nSPS) is 16.4. The molecule has 1 atom stereocenters. The molecule has 1 aliphatic carbocycles. The highest BCUT2D eigenvalue weighted by atomic mass is 32.2. The Balaban J connectivity index is 1.83. The number of thiophene rings is 1. The smallest absolute Gasteiger partial charge is 0.264 e. The van der Waals surface area contributed by atoms with Crippen molar-refractivity contribution < 1.29 is 13.2 Å². The van der Waals surface area contributed by atoms with Crippen LogP contribution in [-0.2, 0) is 14.8 Å². The van der Waals surface area contributed by atoms with Gasteiger partial charge in [-0.2, -0.15) is 11.3 Å². The maximum atomic E-state index is 12.4. The van der Waals surface area contributed by atoms with Gasteiger partial charge in [-0.05, 0) is 35.8 Å². The minimum Gasteiger partial charge on any atom is -0.273 e. The molecule has 1 aliphatic rings. The van der Waals surface area contributed by atoms with E-state index in [-0.39, 0.29) is 16.7 Å². The molecule has 1 heterocycles. The molecule has 1 N–H and O–H groups in total. The molecule has 21 heavy (non-hydrogen) atoms. The first-order chi connectivity index (χ1) is 10.1. The molecule has 0 unspecified atom stereocenters. The third kappa shape index (κ3) is 3.16. The van der Waals surface area contributed by atoms with Crippen LogP contribution in [0.4, 0.5) is 0 Å². The SMILES string of the molecule is O=C(NS(=O)(=O)c1ccsc1)[C@H](c1ccccc1)C1CC1. The predicted molar refractivity (Wildman–Crippen MR) is 81.6 cm³/mol. The molecule has 1 saturated carbocycles. The van der Waals surface area contributed by atoms with Gasteiger partial charge in [0.2, 0.25) is 5.91 Å². The second-order valence-corrected chi connectivity index (χ2v) is 7.62. The average Bonchev–Trinajstić information content (AvgIpc) is 3.11. The summed E-state index contributed by atoms with van der Waals surface area (Å²) in [6.07, 6.45) is 1.93. The van der Waals surface area contributed by atoms with Crippen LogP contribution in [0.15, 0.2) is 52.1 Å². The summed E-state index contributed by atoms with van der Waals surface area (Å²) in [5, 5.41) is 3.19. The molecule has 0 saturated heterocycles. The van der Waals surface area contributed by atoms with Crippen molar-refractivity contribution in [2.75, 3.05) is 0 Å². The van der Waals surface area contributed by atoms with E-state index in [2.05, 4.69) is 4.72 Å². The second kappa shape index (κ2) is 5.61. The van der Waals surface area contributed by atoms with Gasteiger partial charge in [0.25, 0.3) is 10.0 Å². The largest absolute Gasteiger partial charge is 0.273 e. The number of rotatable bonds is 5. The summed E-state index contributed by atoms with van der Waals surface area (Å²) < 4.78 is 26.5. The van der Waals surface area contributed by atoms with Gasteiger partial charge in [0.15, 0.2) is 0 Å². The molecule has 110 valence electrons. The number of benzene rings is 1. The summed E-state index contributed by atoms with van der Waals surface area (Å²) in [7, 11) is -3.76. The van der Waals surface area contributed by atoms with E-state index in [1.807, 2.05) is 30.3 Å². The lowest BCUT2D eigenvalue weighted by molar-refractivity contribution is -0.121. The summed E-state index contributed by atoms with van der Waals surface area (Å²) in [5.41, 5.74) is 0.873. The van der Waals surface area contributed by atoms with Crippen LogP contribution in [0.3, 0.4) is 0 Å². The van der Waals surface area contributed by atoms with Crippen LogP contribution in [0.5, 0.6) is 0 Å². The summed E-state index contributed by atoms with van der Waals surface area (Å²) >= 11 is 1.29. The van der Waals surface area contributed by atoms with Crippen molar-refractivity contribution in [2.45, 2.75) is 23.7 Å². The van der Waals surface area contributed by atoms with Gasteiger partial charge < -0.3 is 0 Å². The Bertz CT molecular complexity index is 720. The summed E-state index contributed by atoms with van der Waals surface area (Å²) in [6, 6.07) is 10.9. The quantitative estimate of drug-likeness (QED) is 0.921. The zero-order chi connectivity index (χ0) is 14.9. The minimum atomic E-state index is -3.76. The Morgan fingerprint density at radius 3 is 2.48 bits per heavy atom. The van der Waals surface area contributed by atoms with Gasteiger partial charge in [-0.15, -0.1) is 0 Å². The van der Waals surface area contributed by atoms with E-state index in [1.165, 1.54) is 22.8 Å². The third-order valence-electron chi connectivity index (χ3n) is 3.57. The predicted octanol–water partition coefficient (Wildman–Crippen LogP) is 2.75. The van der Waals surface area contributed by atoms with E-state index >= 15 is 0 Å². The van der Waals surface area contributed by atoms with Gasteiger partial charge in [-0.25, -0.2) is 13.1 Å². The first-order valence-electron chi connectivity index (χ1n) is 6.72. The Labute approximate surface area is 127 Å². The van der Waals surface area contributed by atoms with Crippen LogP contribution in [0.25, 0.3) is 0 Å². The average molecular weight is 321 g/mol. The van der Waals surface area contributed by atoms with Gasteiger partial charge in [0, 0.05) is 5.38 Å². The molecule has 0 bridgehead atoms. The molecule has 1 aromatic carbocycles. The lowest BCUT2D eigenvalue weighted by atomic mass is 9.94. The van der Waals surface area contributed by atoms with Crippen LogP contribution < -0.4 is 4.72 Å². The zero-order valence-electron chi connectivity index (χ0n) is 11.2. The molecular weight excluding hydrogens is 306 g/mol. The fraction of sp³-hybridized carbons (Fsp3) is 0.267. The molecule has 0 spiro atoms. The van der Waals surface area contributed by atoms with Gasteiger partial charge in [0.1, 0.15) is 0 Å². The number of amides is 1. The topological polar surface area (TPSA) is 63.2 Å². The van der Waals surface area contributed by atoms with Crippen molar-refractivity contribution in [2.24, 2.45) is 5.92 Å². The maximum absolute atomic E-state index is 12.4. The molecule has 3 rings (SSSR count). The van der Waals surface area contributed by atoms with E-state index in [4.69, 9.17) is 0 Å². The molecule has 4 nitrogen and oxygen atoms in total. The van der Waals surface area contributed by atoms with E-state index in [0.29, 0.717) is 0 Å². The van der Waals surface area contributed by atoms with Crippen molar-refractivity contribution in [1.82, 2.24) is 4.72 Å². The Morgan fingerprint density at radius 2 is 1.90 bits per heavy atom. The summed E-state index contributed by atoms with van der Waals surface area (Å²) in [5.74, 6) is -0.584. The fourth-order valence-electron chi connectivity index (χ4n) is 2.39. The van der Waals surface area contributed by atoms with Crippen molar-refractivity contribution in [3.63, 3.8) is 0 Å². The number of nitrogens with one attached hydrogen (secondary N) is 1. The molecule has 0 aliphatic heterocycles. The highest BCUT2D eigenvalue weighted by molar-refractivity contribution is 7.90.